The van der Waals surface area contributed by atoms with Crippen LogP contribution < -0.4 is 15.4 Å². The van der Waals surface area contributed by atoms with Gasteiger partial charge in [-0.3, -0.25) is 10.1 Å². The first-order valence-corrected chi connectivity index (χ1v) is 6.69. The highest BCUT2D eigenvalue weighted by molar-refractivity contribution is 6.29. The van der Waals surface area contributed by atoms with E-state index in [4.69, 9.17) is 16.3 Å². The zero-order chi connectivity index (χ0) is 13.7. The molecule has 1 aliphatic heterocycles. The molecule has 0 spiro atoms. The second kappa shape index (κ2) is 6.68. The number of aromatic nitrogens is 2. The van der Waals surface area contributed by atoms with E-state index in [0.29, 0.717) is 5.88 Å². The van der Waals surface area contributed by atoms with Gasteiger partial charge in [0.05, 0.1) is 13.2 Å². The maximum Gasteiger partial charge on any atom is 0.243 e. The van der Waals surface area contributed by atoms with E-state index in [1.54, 1.807) is 0 Å². The van der Waals surface area contributed by atoms with E-state index in [1.165, 1.54) is 13.2 Å². The fourth-order valence-electron chi connectivity index (χ4n) is 2.01. The molecule has 7 heteroatoms. The summed E-state index contributed by atoms with van der Waals surface area (Å²) in [7, 11) is 1.48. The third-order valence-corrected chi connectivity index (χ3v) is 3.19. The number of carbonyl (C=O) groups is 1. The molecule has 2 N–H and O–H groups in total. The minimum absolute atomic E-state index is 0.133. The van der Waals surface area contributed by atoms with Crippen molar-refractivity contribution in [3.05, 3.63) is 11.2 Å². The van der Waals surface area contributed by atoms with Gasteiger partial charge >= 0.3 is 0 Å². The Morgan fingerprint density at radius 1 is 1.47 bits per heavy atom. The van der Waals surface area contributed by atoms with E-state index < -0.39 is 0 Å². The Kier molecular flexibility index (Phi) is 4.93. The number of nitrogens with one attached hydrogen (secondary N) is 2. The highest BCUT2D eigenvalue weighted by atomic mass is 35.5. The predicted molar refractivity (Wildman–Crippen MR) is 72.5 cm³/mol. The van der Waals surface area contributed by atoms with Crippen LogP contribution in [0.25, 0.3) is 0 Å². The highest BCUT2D eigenvalue weighted by Gasteiger charge is 2.20. The van der Waals surface area contributed by atoms with Gasteiger partial charge in [0.25, 0.3) is 0 Å². The van der Waals surface area contributed by atoms with Gasteiger partial charge in [-0.2, -0.15) is 4.98 Å². The van der Waals surface area contributed by atoms with Crippen molar-refractivity contribution in [2.75, 3.05) is 19.0 Å². The van der Waals surface area contributed by atoms with E-state index >= 15 is 0 Å². The molecule has 2 heterocycles. The molecule has 1 saturated heterocycles. The van der Waals surface area contributed by atoms with E-state index in [-0.39, 0.29) is 23.1 Å². The first-order valence-electron chi connectivity index (χ1n) is 6.32. The summed E-state index contributed by atoms with van der Waals surface area (Å²) in [5.41, 5.74) is 0. The molecule has 0 radical (unpaired) electrons. The molecule has 6 nitrogen and oxygen atoms in total. The first kappa shape index (κ1) is 14.0. The SMILES string of the molecule is COc1cc(Cl)nc(NC(=O)C2CCCCCN2)n1. The number of nitrogens with zero attached hydrogens (tertiary/aromatic N) is 2. The highest BCUT2D eigenvalue weighted by Crippen LogP contribution is 2.16. The molecule has 2 rings (SSSR count). The molecule has 0 aliphatic carbocycles. The van der Waals surface area contributed by atoms with Crippen LogP contribution >= 0.6 is 11.6 Å². The fraction of sp³-hybridized carbons (Fsp3) is 0.583. The number of ether oxygens (including phenoxy) is 1. The normalized spacial score (nSPS) is 19.6. The molecule has 1 unspecified atom stereocenters. The lowest BCUT2D eigenvalue weighted by atomic mass is 10.1. The Hall–Kier alpha value is -1.40. The zero-order valence-electron chi connectivity index (χ0n) is 10.8. The lowest BCUT2D eigenvalue weighted by Crippen LogP contribution is -2.40. The van der Waals surface area contributed by atoms with Gasteiger partial charge in [-0.05, 0) is 19.4 Å². The quantitative estimate of drug-likeness (QED) is 0.825. The Balaban J connectivity index is 2.03. The molecule has 0 bridgehead atoms. The summed E-state index contributed by atoms with van der Waals surface area (Å²) in [5.74, 6) is 0.357. The van der Waals surface area contributed by atoms with Crippen LogP contribution in [0, 0.1) is 0 Å². The van der Waals surface area contributed by atoms with Crippen molar-refractivity contribution in [3.63, 3.8) is 0 Å². The predicted octanol–water partition coefficient (Wildman–Crippen LogP) is 1.61. The number of hydrogen-bond acceptors (Lipinski definition) is 5. The molecule has 1 aliphatic rings. The molecule has 1 aromatic heterocycles. The van der Waals surface area contributed by atoms with Crippen molar-refractivity contribution in [3.8, 4) is 5.88 Å². The van der Waals surface area contributed by atoms with Crippen molar-refractivity contribution in [1.29, 1.82) is 0 Å². The molecule has 19 heavy (non-hydrogen) atoms. The van der Waals surface area contributed by atoms with Crippen LogP contribution in [-0.2, 0) is 4.79 Å². The fourth-order valence-corrected chi connectivity index (χ4v) is 2.18. The third kappa shape index (κ3) is 4.04. The molecule has 104 valence electrons. The molecular weight excluding hydrogens is 268 g/mol. The lowest BCUT2D eigenvalue weighted by molar-refractivity contribution is -0.118. The van der Waals surface area contributed by atoms with Gasteiger partial charge in [-0.1, -0.05) is 24.4 Å². The Morgan fingerprint density at radius 3 is 3.11 bits per heavy atom. The largest absolute Gasteiger partial charge is 0.481 e. The number of hydrogen-bond donors (Lipinski definition) is 2. The molecule has 0 aromatic carbocycles. The molecular formula is C12H17ClN4O2. The van der Waals surface area contributed by atoms with Gasteiger partial charge < -0.3 is 10.1 Å². The summed E-state index contributed by atoms with van der Waals surface area (Å²) >= 11 is 5.83. The van der Waals surface area contributed by atoms with E-state index in [2.05, 4.69) is 20.6 Å². The summed E-state index contributed by atoms with van der Waals surface area (Å²) in [6, 6.07) is 1.29. The van der Waals surface area contributed by atoms with Gasteiger partial charge in [0.1, 0.15) is 5.15 Å². The van der Waals surface area contributed by atoms with Crippen molar-refractivity contribution in [1.82, 2.24) is 15.3 Å². The van der Waals surface area contributed by atoms with Crippen LogP contribution in [0.15, 0.2) is 6.07 Å². The van der Waals surface area contributed by atoms with Crippen LogP contribution in [0.4, 0.5) is 5.95 Å². The van der Waals surface area contributed by atoms with E-state index in [1.807, 2.05) is 0 Å². The third-order valence-electron chi connectivity index (χ3n) is 2.99. The number of anilines is 1. The minimum atomic E-state index is -0.198. The van der Waals surface area contributed by atoms with Gasteiger partial charge in [-0.25, -0.2) is 4.98 Å². The van der Waals surface area contributed by atoms with Crippen LogP contribution in [0.2, 0.25) is 5.15 Å². The van der Waals surface area contributed by atoms with Crippen molar-refractivity contribution >= 4 is 23.5 Å². The maximum atomic E-state index is 12.1. The zero-order valence-corrected chi connectivity index (χ0v) is 11.5. The van der Waals surface area contributed by atoms with Gasteiger partial charge in [-0.15, -0.1) is 0 Å². The Morgan fingerprint density at radius 2 is 2.32 bits per heavy atom. The average Bonchev–Trinajstić information content (AvgIpc) is 2.66. The second-order valence-corrected chi connectivity index (χ2v) is 4.79. The van der Waals surface area contributed by atoms with Crippen LogP contribution in [0.1, 0.15) is 25.7 Å². The summed E-state index contributed by atoms with van der Waals surface area (Å²) in [6.45, 7) is 0.859. The monoisotopic (exact) mass is 284 g/mol. The topological polar surface area (TPSA) is 76.1 Å². The van der Waals surface area contributed by atoms with Crippen LogP contribution in [0.3, 0.4) is 0 Å². The standard InChI is InChI=1S/C12H17ClN4O2/c1-19-10-7-9(13)15-12(16-10)17-11(18)8-5-3-2-4-6-14-8/h7-8,14H,2-6H2,1H3,(H,15,16,17,18). The summed E-state index contributed by atoms with van der Waals surface area (Å²) < 4.78 is 4.98. The van der Waals surface area contributed by atoms with E-state index in [9.17, 15) is 4.79 Å². The van der Waals surface area contributed by atoms with Crippen molar-refractivity contribution in [2.45, 2.75) is 31.7 Å². The van der Waals surface area contributed by atoms with Gasteiger partial charge in [0, 0.05) is 6.07 Å². The van der Waals surface area contributed by atoms with Crippen LogP contribution in [0.5, 0.6) is 5.88 Å². The van der Waals surface area contributed by atoms with E-state index in [0.717, 1.165) is 32.2 Å². The second-order valence-electron chi connectivity index (χ2n) is 4.40. The first-order chi connectivity index (χ1) is 9.19. The van der Waals surface area contributed by atoms with Gasteiger partial charge in [0.15, 0.2) is 0 Å². The maximum absolute atomic E-state index is 12.1. The minimum Gasteiger partial charge on any atom is -0.481 e. The molecule has 1 amide bonds. The number of rotatable bonds is 3. The van der Waals surface area contributed by atoms with Crippen molar-refractivity contribution < 1.29 is 9.53 Å². The molecule has 0 saturated carbocycles. The summed E-state index contributed by atoms with van der Waals surface area (Å²) in [4.78, 5) is 20.1. The lowest BCUT2D eigenvalue weighted by Gasteiger charge is -2.14. The summed E-state index contributed by atoms with van der Waals surface area (Å²) in [6.07, 6.45) is 4.12. The number of carbonyl (C=O) groups excluding carboxylic acids is 1. The van der Waals surface area contributed by atoms with Crippen molar-refractivity contribution in [2.24, 2.45) is 0 Å². The van der Waals surface area contributed by atoms with Crippen LogP contribution in [-0.4, -0.2) is 35.6 Å². The average molecular weight is 285 g/mol. The number of amides is 1. The molecule has 1 aromatic rings. The number of halogens is 1. The summed E-state index contributed by atoms with van der Waals surface area (Å²) in [5, 5.41) is 6.11. The Bertz CT molecular complexity index is 447. The smallest absolute Gasteiger partial charge is 0.243 e. The van der Waals surface area contributed by atoms with Gasteiger partial charge in [0.2, 0.25) is 17.7 Å². The molecule has 1 atom stereocenters. The Labute approximate surface area is 116 Å². The molecule has 1 fully saturated rings. The number of methoxy groups -OCH3 is 1.